The van der Waals surface area contributed by atoms with E-state index in [2.05, 4.69) is 27.3 Å². The molecule has 0 bridgehead atoms. The molecule has 0 aromatic carbocycles. The van der Waals surface area contributed by atoms with E-state index in [4.69, 9.17) is 21.8 Å². The van der Waals surface area contributed by atoms with Crippen LogP contribution >= 0.6 is 11.6 Å². The van der Waals surface area contributed by atoms with Crippen LogP contribution in [0.1, 0.15) is 45.6 Å². The summed E-state index contributed by atoms with van der Waals surface area (Å²) in [6.45, 7) is 6.43. The Morgan fingerprint density at radius 1 is 1.39 bits per heavy atom. The highest BCUT2D eigenvalue weighted by Gasteiger charge is 2.26. The van der Waals surface area contributed by atoms with Gasteiger partial charge in [-0.1, -0.05) is 17.7 Å². The third kappa shape index (κ3) is 5.03. The maximum atomic E-state index is 8.08. The first kappa shape index (κ1) is 17.9. The van der Waals surface area contributed by atoms with Crippen molar-refractivity contribution in [1.29, 1.82) is 0 Å². The van der Waals surface area contributed by atoms with Crippen molar-refractivity contribution in [2.75, 3.05) is 0 Å². The van der Waals surface area contributed by atoms with Gasteiger partial charge in [-0.2, -0.15) is 0 Å². The molecule has 0 amide bonds. The van der Waals surface area contributed by atoms with E-state index in [1.807, 2.05) is 12.1 Å². The summed E-state index contributed by atoms with van der Waals surface area (Å²) < 4.78 is 2.26. The highest BCUT2D eigenvalue weighted by molar-refractivity contribution is 6.33. The van der Waals surface area contributed by atoms with Crippen molar-refractivity contribution in [3.63, 3.8) is 0 Å². The van der Waals surface area contributed by atoms with Crippen LogP contribution in [0.4, 0.5) is 0 Å². The molecule has 6 heteroatoms. The smallest absolute Gasteiger partial charge is 0.156 e. The molecule has 1 aliphatic rings. The number of hydrogen-bond donors (Lipinski definition) is 2. The molecular formula is C17H24ClN3O2. The molecule has 2 aromatic heterocycles. The second kappa shape index (κ2) is 7.43. The van der Waals surface area contributed by atoms with Crippen LogP contribution in [0.3, 0.4) is 0 Å². The number of aromatic nitrogens is 3. The van der Waals surface area contributed by atoms with Crippen molar-refractivity contribution in [1.82, 2.24) is 14.5 Å². The standard InChI is InChI=1S/C14H16ClN3.C3H8O2/c1-2-3-10-4-5-11(8-10)18-7-6-12-13(15)16-9-17-14(12)18;1-3(2,4)5/h2,6-7,9-11H,1,3-5,8H2;4-5H,1-2H3. The van der Waals surface area contributed by atoms with Crippen molar-refractivity contribution in [2.45, 2.75) is 51.4 Å². The molecule has 1 aliphatic carbocycles. The minimum Gasteiger partial charge on any atom is -0.366 e. The molecule has 0 radical (unpaired) electrons. The van der Waals surface area contributed by atoms with Crippen LogP contribution in [0.25, 0.3) is 11.0 Å². The topological polar surface area (TPSA) is 71.2 Å². The number of nitrogens with zero attached hydrogens (tertiary/aromatic N) is 3. The molecule has 3 rings (SSSR count). The van der Waals surface area contributed by atoms with Gasteiger partial charge in [-0.05, 0) is 51.5 Å². The van der Waals surface area contributed by atoms with Crippen LogP contribution in [-0.2, 0) is 0 Å². The Morgan fingerprint density at radius 2 is 2.09 bits per heavy atom. The molecule has 0 aliphatic heterocycles. The molecule has 2 unspecified atom stereocenters. The van der Waals surface area contributed by atoms with E-state index in [0.29, 0.717) is 11.2 Å². The van der Waals surface area contributed by atoms with E-state index in [1.165, 1.54) is 39.4 Å². The van der Waals surface area contributed by atoms with Gasteiger partial charge in [-0.25, -0.2) is 9.97 Å². The van der Waals surface area contributed by atoms with Crippen LogP contribution in [-0.4, -0.2) is 30.5 Å². The first-order valence-electron chi connectivity index (χ1n) is 7.82. The van der Waals surface area contributed by atoms with Gasteiger partial charge in [0.2, 0.25) is 0 Å². The monoisotopic (exact) mass is 337 g/mol. The molecule has 2 aromatic rings. The van der Waals surface area contributed by atoms with Crippen molar-refractivity contribution in [3.05, 3.63) is 36.4 Å². The normalized spacial score (nSPS) is 21.1. The molecule has 1 saturated carbocycles. The maximum absolute atomic E-state index is 8.08. The Labute approximate surface area is 141 Å². The fraction of sp³-hybridized carbons (Fsp3) is 0.529. The van der Waals surface area contributed by atoms with Gasteiger partial charge in [-0.3, -0.25) is 0 Å². The zero-order valence-corrected chi connectivity index (χ0v) is 14.4. The lowest BCUT2D eigenvalue weighted by Gasteiger charge is -2.13. The summed E-state index contributed by atoms with van der Waals surface area (Å²) >= 11 is 6.08. The van der Waals surface area contributed by atoms with E-state index >= 15 is 0 Å². The third-order valence-corrected chi connectivity index (χ3v) is 4.17. The predicted molar refractivity (Wildman–Crippen MR) is 92.2 cm³/mol. The van der Waals surface area contributed by atoms with Gasteiger partial charge in [0.1, 0.15) is 17.1 Å². The van der Waals surface area contributed by atoms with Crippen molar-refractivity contribution in [2.24, 2.45) is 5.92 Å². The number of allylic oxidation sites excluding steroid dienone is 1. The Bertz CT molecular complexity index is 657. The highest BCUT2D eigenvalue weighted by atomic mass is 35.5. The Hall–Kier alpha value is -1.43. The van der Waals surface area contributed by atoms with Crippen molar-refractivity contribution in [3.8, 4) is 0 Å². The van der Waals surface area contributed by atoms with Gasteiger partial charge in [0, 0.05) is 12.2 Å². The fourth-order valence-electron chi connectivity index (χ4n) is 2.99. The van der Waals surface area contributed by atoms with E-state index in [0.717, 1.165) is 23.4 Å². The zero-order chi connectivity index (χ0) is 17.0. The van der Waals surface area contributed by atoms with Gasteiger partial charge in [0.25, 0.3) is 0 Å². The molecular weight excluding hydrogens is 314 g/mol. The molecule has 5 nitrogen and oxygen atoms in total. The molecule has 2 N–H and O–H groups in total. The number of hydrogen-bond acceptors (Lipinski definition) is 4. The summed E-state index contributed by atoms with van der Waals surface area (Å²) in [5, 5.41) is 17.6. The van der Waals surface area contributed by atoms with Crippen molar-refractivity contribution < 1.29 is 10.2 Å². The second-order valence-corrected chi connectivity index (χ2v) is 6.83. The summed E-state index contributed by atoms with van der Waals surface area (Å²) in [5.41, 5.74) is 0.958. The highest BCUT2D eigenvalue weighted by Crippen LogP contribution is 2.38. The molecule has 23 heavy (non-hydrogen) atoms. The van der Waals surface area contributed by atoms with Crippen molar-refractivity contribution >= 4 is 22.6 Å². The lowest BCUT2D eigenvalue weighted by Crippen LogP contribution is -2.15. The SMILES string of the molecule is C=CCC1CCC(n2ccc3c(Cl)ncnc32)C1.CC(C)(O)O. The van der Waals surface area contributed by atoms with Gasteiger partial charge in [0.05, 0.1) is 5.39 Å². The summed E-state index contributed by atoms with van der Waals surface area (Å²) in [6.07, 6.45) is 10.5. The minimum absolute atomic E-state index is 0.540. The molecule has 126 valence electrons. The summed E-state index contributed by atoms with van der Waals surface area (Å²) in [6, 6.07) is 2.55. The van der Waals surface area contributed by atoms with Gasteiger partial charge < -0.3 is 14.8 Å². The lowest BCUT2D eigenvalue weighted by molar-refractivity contribution is -0.127. The number of aliphatic hydroxyl groups is 2. The summed E-state index contributed by atoms with van der Waals surface area (Å²) in [7, 11) is 0. The minimum atomic E-state index is -1.50. The Kier molecular flexibility index (Phi) is 5.79. The zero-order valence-electron chi connectivity index (χ0n) is 13.6. The molecule has 0 spiro atoms. The molecule has 0 saturated heterocycles. The van der Waals surface area contributed by atoms with E-state index in [-0.39, 0.29) is 0 Å². The summed E-state index contributed by atoms with van der Waals surface area (Å²) in [4.78, 5) is 8.38. The van der Waals surface area contributed by atoms with Crippen LogP contribution in [0.15, 0.2) is 31.2 Å². The first-order chi connectivity index (χ1) is 10.8. The average molecular weight is 338 g/mol. The maximum Gasteiger partial charge on any atom is 0.156 e. The van der Waals surface area contributed by atoms with Gasteiger partial charge in [-0.15, -0.1) is 6.58 Å². The largest absolute Gasteiger partial charge is 0.366 e. The van der Waals surface area contributed by atoms with Crippen LogP contribution in [0.5, 0.6) is 0 Å². The van der Waals surface area contributed by atoms with E-state index in [1.54, 1.807) is 0 Å². The fourth-order valence-corrected chi connectivity index (χ4v) is 3.18. The summed E-state index contributed by atoms with van der Waals surface area (Å²) in [5.74, 6) is -0.734. The third-order valence-electron chi connectivity index (χ3n) is 3.87. The number of fused-ring (bicyclic) bond motifs is 1. The van der Waals surface area contributed by atoms with Crippen LogP contribution < -0.4 is 0 Å². The van der Waals surface area contributed by atoms with Crippen LogP contribution in [0.2, 0.25) is 5.15 Å². The van der Waals surface area contributed by atoms with E-state index < -0.39 is 5.79 Å². The quantitative estimate of drug-likeness (QED) is 0.509. The second-order valence-electron chi connectivity index (χ2n) is 6.48. The Balaban J connectivity index is 0.000000338. The molecule has 1 fully saturated rings. The molecule has 2 atom stereocenters. The number of halogens is 1. The van der Waals surface area contributed by atoms with Gasteiger partial charge in [0.15, 0.2) is 5.79 Å². The number of rotatable bonds is 3. The average Bonchev–Trinajstić information content (AvgIpc) is 3.04. The molecule has 2 heterocycles. The van der Waals surface area contributed by atoms with E-state index in [9.17, 15) is 0 Å². The lowest BCUT2D eigenvalue weighted by atomic mass is 10.0. The predicted octanol–water partition coefficient (Wildman–Crippen LogP) is 3.71. The van der Waals surface area contributed by atoms with Crippen LogP contribution in [0, 0.1) is 5.92 Å². The first-order valence-corrected chi connectivity index (χ1v) is 8.20. The van der Waals surface area contributed by atoms with Gasteiger partial charge >= 0.3 is 0 Å². The Morgan fingerprint density at radius 3 is 2.74 bits per heavy atom.